The van der Waals surface area contributed by atoms with E-state index < -0.39 is 17.6 Å². The van der Waals surface area contributed by atoms with Gasteiger partial charge in [0.25, 0.3) is 0 Å². The van der Waals surface area contributed by atoms with Gasteiger partial charge in [-0.25, -0.2) is 19.3 Å². The van der Waals surface area contributed by atoms with E-state index in [1.54, 1.807) is 18.7 Å². The lowest BCUT2D eigenvalue weighted by atomic mass is 9.87. The van der Waals surface area contributed by atoms with E-state index in [1.807, 2.05) is 71.4 Å². The van der Waals surface area contributed by atoms with Crippen LogP contribution in [-0.4, -0.2) is 49.3 Å². The molecule has 0 spiro atoms. The Morgan fingerprint density at radius 2 is 1.60 bits per heavy atom. The van der Waals surface area contributed by atoms with Crippen LogP contribution in [0.15, 0.2) is 67.6 Å². The molecule has 10 heteroatoms. The van der Waals surface area contributed by atoms with E-state index in [9.17, 15) is 14.4 Å². The van der Waals surface area contributed by atoms with Crippen molar-refractivity contribution in [2.75, 3.05) is 6.61 Å². The number of rotatable bonds is 25. The van der Waals surface area contributed by atoms with Crippen molar-refractivity contribution < 1.29 is 28.6 Å². The number of benzene rings is 1. The van der Waals surface area contributed by atoms with E-state index >= 15 is 0 Å². The first-order chi connectivity index (χ1) is 27.3. The minimum atomic E-state index is -0.613. The molecule has 1 aromatic carbocycles. The number of hydrogen-bond acceptors (Lipinski definition) is 8. The summed E-state index contributed by atoms with van der Waals surface area (Å²) in [5.41, 5.74) is 3.98. The van der Waals surface area contributed by atoms with Crippen molar-refractivity contribution in [2.45, 2.75) is 156 Å². The first-order valence-electron chi connectivity index (χ1n) is 21.3. The van der Waals surface area contributed by atoms with Gasteiger partial charge in [0.2, 0.25) is 0 Å². The summed E-state index contributed by atoms with van der Waals surface area (Å²) >= 11 is 0. The molecule has 314 valence electrons. The van der Waals surface area contributed by atoms with Crippen LogP contribution in [0.3, 0.4) is 0 Å². The Morgan fingerprint density at radius 1 is 0.895 bits per heavy atom. The number of esters is 2. The zero-order valence-electron chi connectivity index (χ0n) is 36.1. The van der Waals surface area contributed by atoms with Gasteiger partial charge in [0.05, 0.1) is 24.5 Å². The molecule has 2 heterocycles. The fourth-order valence-electron chi connectivity index (χ4n) is 6.93. The molecule has 0 amide bonds. The first kappa shape index (κ1) is 46.9. The molecule has 0 bridgehead atoms. The zero-order valence-corrected chi connectivity index (χ0v) is 36.1. The number of aromatic nitrogens is 4. The topological polar surface area (TPSA) is 115 Å². The number of nitrogens with zero attached hydrogens (tertiary/aromatic N) is 4. The third kappa shape index (κ3) is 16.9. The van der Waals surface area contributed by atoms with Crippen molar-refractivity contribution in [1.29, 1.82) is 0 Å². The van der Waals surface area contributed by atoms with Gasteiger partial charge in [-0.15, -0.1) is 0 Å². The highest BCUT2D eigenvalue weighted by molar-refractivity contribution is 5.73. The van der Waals surface area contributed by atoms with E-state index in [0.717, 1.165) is 66.6 Å². The van der Waals surface area contributed by atoms with Crippen LogP contribution in [0.25, 0.3) is 0 Å². The molecule has 57 heavy (non-hydrogen) atoms. The summed E-state index contributed by atoms with van der Waals surface area (Å²) in [5, 5.41) is 0. The van der Waals surface area contributed by atoms with Crippen LogP contribution in [0.5, 0.6) is 0 Å². The maximum absolute atomic E-state index is 13.7. The van der Waals surface area contributed by atoms with Gasteiger partial charge in [0, 0.05) is 43.4 Å². The predicted molar refractivity (Wildman–Crippen MR) is 227 cm³/mol. The summed E-state index contributed by atoms with van der Waals surface area (Å²) in [5.74, 6) is -1.39. The molecule has 0 N–H and O–H groups in total. The molecule has 0 saturated carbocycles. The Hall–Kier alpha value is -4.47. The van der Waals surface area contributed by atoms with Gasteiger partial charge < -0.3 is 18.8 Å². The average molecular weight is 787 g/mol. The summed E-state index contributed by atoms with van der Waals surface area (Å²) in [6.45, 7) is 14.0. The third-order valence-corrected chi connectivity index (χ3v) is 10.5. The van der Waals surface area contributed by atoms with Gasteiger partial charge in [0.1, 0.15) is 18.5 Å². The SMILES string of the molecule is CCCCC/C=C\C/C=C\CCCCCCCC(=O)OC[C@H](Cc1cncn1C)[C@H](CC)C(=O)OCc1cccc([C@H](C)c2cn(C(=O)OC(C)(C)C)cn2)c1C. The fourth-order valence-corrected chi connectivity index (χ4v) is 6.93. The van der Waals surface area contributed by atoms with E-state index in [-0.39, 0.29) is 37.0 Å². The summed E-state index contributed by atoms with van der Waals surface area (Å²) in [6.07, 6.45) is 29.1. The highest BCUT2D eigenvalue weighted by Gasteiger charge is 2.31. The molecule has 0 aliphatic rings. The number of unbranched alkanes of at least 4 members (excludes halogenated alkanes) is 8. The summed E-state index contributed by atoms with van der Waals surface area (Å²) in [4.78, 5) is 47.9. The second-order valence-corrected chi connectivity index (χ2v) is 16.3. The minimum Gasteiger partial charge on any atom is -0.465 e. The Balaban J connectivity index is 1.50. The maximum atomic E-state index is 13.7. The second-order valence-electron chi connectivity index (χ2n) is 16.3. The monoisotopic (exact) mass is 787 g/mol. The quantitative estimate of drug-likeness (QED) is 0.0361. The van der Waals surface area contributed by atoms with Crippen molar-refractivity contribution >= 4 is 18.0 Å². The molecule has 0 saturated heterocycles. The van der Waals surface area contributed by atoms with Crippen molar-refractivity contribution in [3.8, 4) is 0 Å². The van der Waals surface area contributed by atoms with Crippen LogP contribution in [-0.2, 0) is 43.9 Å². The Labute approximate surface area is 342 Å². The van der Waals surface area contributed by atoms with Crippen molar-refractivity contribution in [3.63, 3.8) is 0 Å². The average Bonchev–Trinajstić information content (AvgIpc) is 3.83. The van der Waals surface area contributed by atoms with Gasteiger partial charge in [-0.3, -0.25) is 9.59 Å². The van der Waals surface area contributed by atoms with Crippen molar-refractivity contribution in [2.24, 2.45) is 18.9 Å². The van der Waals surface area contributed by atoms with Crippen LogP contribution in [0, 0.1) is 18.8 Å². The minimum absolute atomic E-state index is 0.110. The van der Waals surface area contributed by atoms with Gasteiger partial charge in [0.15, 0.2) is 0 Å². The number of hydrogen-bond donors (Lipinski definition) is 0. The largest absolute Gasteiger partial charge is 0.465 e. The van der Waals surface area contributed by atoms with E-state index in [4.69, 9.17) is 14.2 Å². The molecule has 0 unspecified atom stereocenters. The summed E-state index contributed by atoms with van der Waals surface area (Å²) in [7, 11) is 1.92. The zero-order chi connectivity index (χ0) is 41.6. The maximum Gasteiger partial charge on any atom is 0.419 e. The van der Waals surface area contributed by atoms with Crippen molar-refractivity contribution in [3.05, 3.63) is 95.6 Å². The standard InChI is InChI=1S/C47H70N4O6/c1-9-11-12-13-14-15-16-17-18-19-20-21-22-23-24-28-44(52)55-33-39(29-40-30-48-34-50(40)8)41(10-2)45(53)56-32-38-26-25-27-42(36(38)3)37(4)43-31-51(35-49-43)46(54)57-47(5,6)7/h14-15,17-18,25-27,30-31,34-35,37,39,41H,9-13,16,19-24,28-29,32-33H2,1-8H3/b15-14-,18-17-/t37-,39-,41-/m0/s1. The number of imidazole rings is 2. The van der Waals surface area contributed by atoms with Crippen LogP contribution < -0.4 is 0 Å². The van der Waals surface area contributed by atoms with Gasteiger partial charge in [-0.05, 0) is 95.8 Å². The molecular weight excluding hydrogens is 717 g/mol. The number of aryl methyl sites for hydroxylation is 1. The lowest BCUT2D eigenvalue weighted by Gasteiger charge is -2.25. The van der Waals surface area contributed by atoms with Gasteiger partial charge >= 0.3 is 18.0 Å². The van der Waals surface area contributed by atoms with Gasteiger partial charge in [-0.2, -0.15) is 0 Å². The molecule has 0 radical (unpaired) electrons. The predicted octanol–water partition coefficient (Wildman–Crippen LogP) is 11.1. The fraction of sp³-hybridized carbons (Fsp3) is 0.596. The molecule has 3 aromatic rings. The molecular formula is C47H70N4O6. The van der Waals surface area contributed by atoms with Crippen molar-refractivity contribution in [1.82, 2.24) is 19.1 Å². The Morgan fingerprint density at radius 3 is 2.26 bits per heavy atom. The number of ether oxygens (including phenoxy) is 3. The van der Waals surface area contributed by atoms with Crippen LogP contribution in [0.2, 0.25) is 0 Å². The highest BCUT2D eigenvalue weighted by atomic mass is 16.6. The molecule has 3 atom stereocenters. The molecule has 10 nitrogen and oxygen atoms in total. The molecule has 0 aliphatic heterocycles. The lowest BCUT2D eigenvalue weighted by molar-refractivity contribution is -0.156. The smallest absolute Gasteiger partial charge is 0.419 e. The van der Waals surface area contributed by atoms with Crippen LogP contribution in [0.1, 0.15) is 159 Å². The number of carbonyl (C=O) groups excluding carboxylic acids is 3. The summed E-state index contributed by atoms with van der Waals surface area (Å²) in [6, 6.07) is 5.93. The first-order valence-corrected chi connectivity index (χ1v) is 21.3. The molecule has 2 aromatic heterocycles. The number of carbonyl (C=O) groups is 3. The Kier molecular flexibility index (Phi) is 20.6. The molecule has 0 fully saturated rings. The lowest BCUT2D eigenvalue weighted by Crippen LogP contribution is -2.31. The Bertz CT molecular complexity index is 1710. The normalized spacial score (nSPS) is 13.5. The summed E-state index contributed by atoms with van der Waals surface area (Å²) < 4.78 is 20.6. The third-order valence-electron chi connectivity index (χ3n) is 10.5. The molecule has 3 rings (SSSR count). The highest BCUT2D eigenvalue weighted by Crippen LogP contribution is 2.29. The van der Waals surface area contributed by atoms with Crippen LogP contribution in [0.4, 0.5) is 4.79 Å². The number of allylic oxidation sites excluding steroid dienone is 4. The second kappa shape index (κ2) is 25.0. The van der Waals surface area contributed by atoms with Gasteiger partial charge in [-0.1, -0.05) is 95.4 Å². The van der Waals surface area contributed by atoms with E-state index in [1.165, 1.54) is 43.0 Å². The van der Waals surface area contributed by atoms with Crippen LogP contribution >= 0.6 is 0 Å². The van der Waals surface area contributed by atoms with E-state index in [0.29, 0.717) is 19.3 Å². The van der Waals surface area contributed by atoms with E-state index in [2.05, 4.69) is 41.2 Å². The molecule has 0 aliphatic carbocycles.